The number of hydrogen-bond donors (Lipinski definition) is 0. The van der Waals surface area contributed by atoms with Crippen LogP contribution in [0.2, 0.25) is 0 Å². The third kappa shape index (κ3) is 4.22. The highest BCUT2D eigenvalue weighted by Crippen LogP contribution is 2.24. The highest BCUT2D eigenvalue weighted by atomic mass is 19.1. The highest BCUT2D eigenvalue weighted by Gasteiger charge is 2.43. The van der Waals surface area contributed by atoms with Crippen LogP contribution in [0.3, 0.4) is 0 Å². The van der Waals surface area contributed by atoms with Gasteiger partial charge in [-0.2, -0.15) is 0 Å². The van der Waals surface area contributed by atoms with Gasteiger partial charge >= 0.3 is 0 Å². The Bertz CT molecular complexity index is 681. The predicted molar refractivity (Wildman–Crippen MR) is 93.0 cm³/mol. The number of ether oxygens (including phenoxy) is 2. The molecule has 2 fully saturated rings. The molecule has 2 aliphatic heterocycles. The van der Waals surface area contributed by atoms with Crippen LogP contribution in [0.15, 0.2) is 24.3 Å². The molecule has 0 bridgehead atoms. The van der Waals surface area contributed by atoms with Gasteiger partial charge in [-0.1, -0.05) is 12.1 Å². The van der Waals surface area contributed by atoms with Crippen molar-refractivity contribution in [2.75, 3.05) is 39.5 Å². The normalized spacial score (nSPS) is 24.2. The average Bonchev–Trinajstić information content (AvgIpc) is 2.74. The van der Waals surface area contributed by atoms with Crippen LogP contribution >= 0.6 is 0 Å². The topological polar surface area (TPSA) is 59.1 Å². The molecule has 2 aliphatic rings. The van der Waals surface area contributed by atoms with Crippen LogP contribution in [0.5, 0.6) is 0 Å². The van der Waals surface area contributed by atoms with Crippen molar-refractivity contribution in [1.29, 1.82) is 0 Å². The second-order valence-electron chi connectivity index (χ2n) is 7.26. The molecule has 0 radical (unpaired) electrons. The van der Waals surface area contributed by atoms with Gasteiger partial charge in [0.1, 0.15) is 18.0 Å². The summed E-state index contributed by atoms with van der Waals surface area (Å²) in [6, 6.07) is 6.11. The standard InChI is InChI=1S/C19H25FN2O4/c1-14(2)22-12-19(13-25-10-18(22)24)11-21(6-7-26-19)17(23)9-15-4-3-5-16(20)8-15/h3-5,8,14H,6-7,9-13H2,1-2H3. The van der Waals surface area contributed by atoms with E-state index >= 15 is 0 Å². The van der Waals surface area contributed by atoms with Crippen LogP contribution in [-0.4, -0.2) is 72.7 Å². The van der Waals surface area contributed by atoms with Gasteiger partial charge in [0.2, 0.25) is 11.8 Å². The smallest absolute Gasteiger partial charge is 0.248 e. The molecule has 1 atom stereocenters. The van der Waals surface area contributed by atoms with Gasteiger partial charge in [0.15, 0.2) is 0 Å². The summed E-state index contributed by atoms with van der Waals surface area (Å²) < 4.78 is 24.9. The fraction of sp³-hybridized carbons (Fsp3) is 0.579. The molecule has 6 nitrogen and oxygen atoms in total. The summed E-state index contributed by atoms with van der Waals surface area (Å²) in [5, 5.41) is 0. The van der Waals surface area contributed by atoms with Crippen molar-refractivity contribution in [1.82, 2.24) is 9.80 Å². The van der Waals surface area contributed by atoms with Crippen molar-refractivity contribution in [3.05, 3.63) is 35.6 Å². The van der Waals surface area contributed by atoms with Gasteiger partial charge in [-0.05, 0) is 31.5 Å². The average molecular weight is 364 g/mol. The van der Waals surface area contributed by atoms with E-state index in [1.165, 1.54) is 12.1 Å². The maximum absolute atomic E-state index is 13.3. The van der Waals surface area contributed by atoms with E-state index in [-0.39, 0.29) is 43.3 Å². The zero-order valence-corrected chi connectivity index (χ0v) is 15.2. The predicted octanol–water partition coefficient (Wildman–Crippen LogP) is 1.23. The van der Waals surface area contributed by atoms with Crippen molar-refractivity contribution < 1.29 is 23.5 Å². The molecule has 2 saturated heterocycles. The maximum Gasteiger partial charge on any atom is 0.248 e. The molecule has 0 saturated carbocycles. The van der Waals surface area contributed by atoms with Crippen LogP contribution in [0, 0.1) is 5.82 Å². The Morgan fingerprint density at radius 2 is 2.15 bits per heavy atom. The van der Waals surface area contributed by atoms with Crippen LogP contribution in [0.1, 0.15) is 19.4 Å². The van der Waals surface area contributed by atoms with Crippen LogP contribution < -0.4 is 0 Å². The van der Waals surface area contributed by atoms with Crippen molar-refractivity contribution >= 4 is 11.8 Å². The van der Waals surface area contributed by atoms with Crippen LogP contribution in [0.4, 0.5) is 4.39 Å². The van der Waals surface area contributed by atoms with E-state index in [4.69, 9.17) is 9.47 Å². The molecule has 1 spiro atoms. The number of benzene rings is 1. The number of halogens is 1. The van der Waals surface area contributed by atoms with Crippen molar-refractivity contribution in [2.24, 2.45) is 0 Å². The molecule has 1 unspecified atom stereocenters. The molecule has 142 valence electrons. The molecular weight excluding hydrogens is 339 g/mol. The van der Waals surface area contributed by atoms with E-state index in [9.17, 15) is 14.0 Å². The van der Waals surface area contributed by atoms with Gasteiger partial charge in [-0.25, -0.2) is 4.39 Å². The monoisotopic (exact) mass is 364 g/mol. The van der Waals surface area contributed by atoms with Crippen LogP contribution in [0.25, 0.3) is 0 Å². The molecule has 2 heterocycles. The molecule has 26 heavy (non-hydrogen) atoms. The minimum absolute atomic E-state index is 0.0283. The lowest BCUT2D eigenvalue weighted by molar-refractivity contribution is -0.162. The maximum atomic E-state index is 13.3. The SMILES string of the molecule is CC(C)N1CC2(COCC1=O)CN(C(=O)Cc1cccc(F)c1)CCO2. The fourth-order valence-electron chi connectivity index (χ4n) is 3.50. The summed E-state index contributed by atoms with van der Waals surface area (Å²) in [4.78, 5) is 28.4. The Kier molecular flexibility index (Phi) is 5.58. The number of carbonyl (C=O) groups is 2. The molecule has 0 aromatic heterocycles. The summed E-state index contributed by atoms with van der Waals surface area (Å²) in [7, 11) is 0. The van der Waals surface area contributed by atoms with Crippen molar-refractivity contribution in [3.63, 3.8) is 0 Å². The number of rotatable bonds is 3. The van der Waals surface area contributed by atoms with E-state index in [1.807, 2.05) is 13.8 Å². The Labute approximate surface area is 152 Å². The Balaban J connectivity index is 1.71. The zero-order valence-electron chi connectivity index (χ0n) is 15.2. The molecular formula is C19H25FN2O4. The minimum atomic E-state index is -0.716. The lowest BCUT2D eigenvalue weighted by Gasteiger charge is -2.44. The largest absolute Gasteiger partial charge is 0.368 e. The fourth-order valence-corrected chi connectivity index (χ4v) is 3.50. The molecule has 1 aromatic rings. The van der Waals surface area contributed by atoms with Crippen molar-refractivity contribution in [2.45, 2.75) is 31.9 Å². The number of nitrogens with zero attached hydrogens (tertiary/aromatic N) is 2. The Morgan fingerprint density at radius 3 is 2.88 bits per heavy atom. The lowest BCUT2D eigenvalue weighted by atomic mass is 10.00. The number of amides is 2. The number of hydrogen-bond acceptors (Lipinski definition) is 4. The van der Waals surface area contributed by atoms with Gasteiger partial charge in [0.05, 0.1) is 32.7 Å². The third-order valence-corrected chi connectivity index (χ3v) is 4.84. The zero-order chi connectivity index (χ0) is 18.7. The van der Waals surface area contributed by atoms with Gasteiger partial charge < -0.3 is 19.3 Å². The summed E-state index contributed by atoms with van der Waals surface area (Å²) >= 11 is 0. The molecule has 7 heteroatoms. The Morgan fingerprint density at radius 1 is 1.35 bits per heavy atom. The first-order chi connectivity index (χ1) is 12.4. The van der Waals surface area contributed by atoms with E-state index < -0.39 is 5.60 Å². The molecule has 1 aromatic carbocycles. The number of morpholine rings is 1. The third-order valence-electron chi connectivity index (χ3n) is 4.84. The first-order valence-corrected chi connectivity index (χ1v) is 8.92. The van der Waals surface area contributed by atoms with Gasteiger partial charge in [0.25, 0.3) is 0 Å². The Hall–Kier alpha value is -1.99. The van der Waals surface area contributed by atoms with Crippen LogP contribution in [-0.2, 0) is 25.5 Å². The second-order valence-corrected chi connectivity index (χ2v) is 7.26. The number of carbonyl (C=O) groups excluding carboxylic acids is 2. The molecule has 0 aliphatic carbocycles. The van der Waals surface area contributed by atoms with Crippen molar-refractivity contribution in [3.8, 4) is 0 Å². The first kappa shape index (κ1) is 18.8. The second kappa shape index (κ2) is 7.72. The van der Waals surface area contributed by atoms with E-state index in [0.717, 1.165) is 0 Å². The summed E-state index contributed by atoms with van der Waals surface area (Å²) in [6.07, 6.45) is 0.140. The minimum Gasteiger partial charge on any atom is -0.368 e. The summed E-state index contributed by atoms with van der Waals surface area (Å²) in [6.45, 7) is 5.82. The lowest BCUT2D eigenvalue weighted by Crippen LogP contribution is -2.61. The van der Waals surface area contributed by atoms with E-state index in [1.54, 1.807) is 21.9 Å². The van der Waals surface area contributed by atoms with E-state index in [0.29, 0.717) is 31.8 Å². The quantitative estimate of drug-likeness (QED) is 0.810. The van der Waals surface area contributed by atoms with Gasteiger partial charge in [0, 0.05) is 12.6 Å². The van der Waals surface area contributed by atoms with E-state index in [2.05, 4.69) is 0 Å². The first-order valence-electron chi connectivity index (χ1n) is 8.92. The van der Waals surface area contributed by atoms with Gasteiger partial charge in [-0.15, -0.1) is 0 Å². The van der Waals surface area contributed by atoms with Gasteiger partial charge in [-0.3, -0.25) is 9.59 Å². The summed E-state index contributed by atoms with van der Waals surface area (Å²) in [5.41, 5.74) is -0.0710. The molecule has 0 N–H and O–H groups in total. The molecule has 2 amide bonds. The molecule has 3 rings (SSSR count). The highest BCUT2D eigenvalue weighted by molar-refractivity contribution is 5.79. The summed E-state index contributed by atoms with van der Waals surface area (Å²) in [5.74, 6) is -0.495.